The summed E-state index contributed by atoms with van der Waals surface area (Å²) in [4.78, 5) is 26.4. The summed E-state index contributed by atoms with van der Waals surface area (Å²) in [5, 5.41) is 0. The maximum absolute atomic E-state index is 12.5. The second-order valence-corrected chi connectivity index (χ2v) is 5.73. The van der Waals surface area contributed by atoms with Gasteiger partial charge in [-0.15, -0.1) is 0 Å². The highest BCUT2D eigenvalue weighted by Crippen LogP contribution is 2.18. The zero-order valence-electron chi connectivity index (χ0n) is 13.1. The van der Waals surface area contributed by atoms with E-state index in [2.05, 4.69) is 6.92 Å². The van der Waals surface area contributed by atoms with Crippen LogP contribution in [0.15, 0.2) is 16.9 Å². The third-order valence-electron chi connectivity index (χ3n) is 4.06. The number of hydrogen-bond donors (Lipinski definition) is 0. The summed E-state index contributed by atoms with van der Waals surface area (Å²) in [5.74, 6) is 0.225. The molecule has 1 fully saturated rings. The summed E-state index contributed by atoms with van der Waals surface area (Å²) >= 11 is 0. The Morgan fingerprint density at radius 3 is 2.90 bits per heavy atom. The Balaban J connectivity index is 2.02. The molecule has 0 bridgehead atoms. The van der Waals surface area contributed by atoms with Gasteiger partial charge in [-0.3, -0.25) is 9.59 Å². The van der Waals surface area contributed by atoms with E-state index < -0.39 is 0 Å². The third-order valence-corrected chi connectivity index (χ3v) is 4.06. The van der Waals surface area contributed by atoms with Gasteiger partial charge in [-0.25, -0.2) is 0 Å². The molecule has 21 heavy (non-hydrogen) atoms. The van der Waals surface area contributed by atoms with Crippen LogP contribution in [0.3, 0.4) is 0 Å². The topological polar surface area (TPSA) is 51.5 Å². The highest BCUT2D eigenvalue weighted by Gasteiger charge is 2.28. The fraction of sp³-hybridized carbons (Fsp3) is 0.625. The van der Waals surface area contributed by atoms with E-state index in [0.29, 0.717) is 25.6 Å². The number of hydrogen-bond acceptors (Lipinski definition) is 3. The molecule has 0 radical (unpaired) electrons. The Labute approximate surface area is 125 Å². The molecule has 1 saturated heterocycles. The fourth-order valence-corrected chi connectivity index (χ4v) is 2.61. The monoisotopic (exact) mass is 292 g/mol. The largest absolute Gasteiger partial charge is 0.381 e. The van der Waals surface area contributed by atoms with Gasteiger partial charge in [0.1, 0.15) is 5.56 Å². The molecule has 1 aromatic rings. The Morgan fingerprint density at radius 2 is 2.19 bits per heavy atom. The molecule has 0 unspecified atom stereocenters. The van der Waals surface area contributed by atoms with Crippen molar-refractivity contribution in [3.8, 4) is 0 Å². The zero-order chi connectivity index (χ0) is 15.4. The van der Waals surface area contributed by atoms with Crippen LogP contribution in [0.4, 0.5) is 0 Å². The molecule has 5 nitrogen and oxygen atoms in total. The van der Waals surface area contributed by atoms with Crippen LogP contribution in [0.25, 0.3) is 0 Å². The van der Waals surface area contributed by atoms with Crippen LogP contribution in [0, 0.1) is 12.8 Å². The number of carbonyl (C=O) groups excluding carboxylic acids is 1. The van der Waals surface area contributed by atoms with Crippen LogP contribution < -0.4 is 5.56 Å². The van der Waals surface area contributed by atoms with Crippen molar-refractivity contribution in [1.29, 1.82) is 0 Å². The van der Waals surface area contributed by atoms with Crippen LogP contribution in [0.2, 0.25) is 0 Å². The highest BCUT2D eigenvalue weighted by atomic mass is 16.5. The summed E-state index contributed by atoms with van der Waals surface area (Å²) in [6, 6.07) is 3.45. The number of aryl methyl sites for hydroxylation is 1. The number of aromatic nitrogens is 1. The Kier molecular flexibility index (Phi) is 5.17. The lowest BCUT2D eigenvalue weighted by Crippen LogP contribution is -2.35. The molecular formula is C16H24N2O3. The van der Waals surface area contributed by atoms with Gasteiger partial charge >= 0.3 is 0 Å². The molecule has 5 heteroatoms. The minimum absolute atomic E-state index is 0.159. The Morgan fingerprint density at radius 1 is 1.43 bits per heavy atom. The predicted molar refractivity (Wildman–Crippen MR) is 81.5 cm³/mol. The van der Waals surface area contributed by atoms with Crippen molar-refractivity contribution in [3.63, 3.8) is 0 Å². The second-order valence-electron chi connectivity index (χ2n) is 5.73. The van der Waals surface area contributed by atoms with Gasteiger partial charge in [0, 0.05) is 38.4 Å². The number of nitrogens with zero attached hydrogens (tertiary/aromatic N) is 2. The van der Waals surface area contributed by atoms with Gasteiger partial charge in [-0.05, 0) is 31.9 Å². The first-order valence-corrected chi connectivity index (χ1v) is 7.58. The van der Waals surface area contributed by atoms with Gasteiger partial charge in [-0.1, -0.05) is 6.92 Å². The van der Waals surface area contributed by atoms with Gasteiger partial charge < -0.3 is 14.2 Å². The fourth-order valence-electron chi connectivity index (χ4n) is 2.61. The van der Waals surface area contributed by atoms with Crippen molar-refractivity contribution in [3.05, 3.63) is 33.7 Å². The molecule has 1 atom stereocenters. The standard InChI is InChI=1S/C16H24N2O3/c1-4-9-21-11-13-7-8-18(10-13)16(20)14-6-5-12(2)17(3)15(14)19/h5-6,13H,4,7-11H2,1-3H3/t13-/m0/s1. The van der Waals surface area contributed by atoms with Crippen molar-refractivity contribution in [2.24, 2.45) is 13.0 Å². The van der Waals surface area contributed by atoms with Gasteiger partial charge in [-0.2, -0.15) is 0 Å². The molecule has 2 rings (SSSR count). The number of pyridine rings is 1. The van der Waals surface area contributed by atoms with E-state index in [1.165, 1.54) is 4.57 Å². The molecule has 1 aliphatic heterocycles. The molecular weight excluding hydrogens is 268 g/mol. The second kappa shape index (κ2) is 6.89. The SMILES string of the molecule is CCCOC[C@H]1CCN(C(=O)c2ccc(C)n(C)c2=O)C1. The quantitative estimate of drug-likeness (QED) is 0.774. The van der Waals surface area contributed by atoms with Crippen LogP contribution in [-0.2, 0) is 11.8 Å². The predicted octanol–water partition coefficient (Wildman–Crippen LogP) is 1.58. The van der Waals surface area contributed by atoms with Crippen molar-refractivity contribution in [2.45, 2.75) is 26.7 Å². The van der Waals surface area contributed by atoms with E-state index in [1.54, 1.807) is 18.0 Å². The first-order chi connectivity index (χ1) is 10.0. The number of amides is 1. The van der Waals surface area contributed by atoms with Gasteiger partial charge in [0.05, 0.1) is 6.61 Å². The first-order valence-electron chi connectivity index (χ1n) is 7.58. The van der Waals surface area contributed by atoms with E-state index >= 15 is 0 Å². The van der Waals surface area contributed by atoms with E-state index in [1.807, 2.05) is 13.0 Å². The number of carbonyl (C=O) groups is 1. The number of ether oxygens (including phenoxy) is 1. The van der Waals surface area contributed by atoms with E-state index in [9.17, 15) is 9.59 Å². The van der Waals surface area contributed by atoms with E-state index in [-0.39, 0.29) is 17.0 Å². The maximum atomic E-state index is 12.5. The van der Waals surface area contributed by atoms with Gasteiger partial charge in [0.2, 0.25) is 0 Å². The lowest BCUT2D eigenvalue weighted by molar-refractivity contribution is 0.0752. The van der Waals surface area contributed by atoms with E-state index in [0.717, 1.165) is 25.1 Å². The lowest BCUT2D eigenvalue weighted by atomic mass is 10.1. The number of rotatable bonds is 5. The zero-order valence-corrected chi connectivity index (χ0v) is 13.1. The molecule has 1 aromatic heterocycles. The molecule has 116 valence electrons. The normalized spacial score (nSPS) is 18.2. The summed E-state index contributed by atoms with van der Waals surface area (Å²) in [6.45, 7) is 6.78. The highest BCUT2D eigenvalue weighted by molar-refractivity contribution is 5.94. The summed E-state index contributed by atoms with van der Waals surface area (Å²) in [5.41, 5.74) is 0.896. The van der Waals surface area contributed by atoms with E-state index in [4.69, 9.17) is 4.74 Å². The minimum Gasteiger partial charge on any atom is -0.381 e. The average molecular weight is 292 g/mol. The third kappa shape index (κ3) is 3.53. The van der Waals surface area contributed by atoms with Crippen molar-refractivity contribution >= 4 is 5.91 Å². The van der Waals surface area contributed by atoms with Crippen LogP contribution in [0.1, 0.15) is 35.8 Å². The summed E-state index contributed by atoms with van der Waals surface area (Å²) in [6.07, 6.45) is 1.95. The molecule has 0 spiro atoms. The maximum Gasteiger partial charge on any atom is 0.263 e. The van der Waals surface area contributed by atoms with Crippen molar-refractivity contribution in [2.75, 3.05) is 26.3 Å². The van der Waals surface area contributed by atoms with Crippen LogP contribution in [-0.4, -0.2) is 41.7 Å². The molecule has 0 aromatic carbocycles. The number of likely N-dealkylation sites (tertiary alicyclic amines) is 1. The Bertz CT molecular complexity index is 565. The molecule has 1 aliphatic rings. The first kappa shape index (κ1) is 15.8. The molecule has 1 amide bonds. The van der Waals surface area contributed by atoms with Crippen LogP contribution >= 0.6 is 0 Å². The summed E-state index contributed by atoms with van der Waals surface area (Å²) < 4.78 is 7.07. The Hall–Kier alpha value is -1.62. The van der Waals surface area contributed by atoms with Gasteiger partial charge in [0.15, 0.2) is 0 Å². The molecule has 0 aliphatic carbocycles. The average Bonchev–Trinajstić information content (AvgIpc) is 2.93. The molecule has 0 saturated carbocycles. The molecule has 0 N–H and O–H groups in total. The van der Waals surface area contributed by atoms with Gasteiger partial charge in [0.25, 0.3) is 11.5 Å². The summed E-state index contributed by atoms with van der Waals surface area (Å²) in [7, 11) is 1.69. The van der Waals surface area contributed by atoms with Crippen molar-refractivity contribution in [1.82, 2.24) is 9.47 Å². The lowest BCUT2D eigenvalue weighted by Gasteiger charge is -2.17. The smallest absolute Gasteiger partial charge is 0.263 e. The molecule has 2 heterocycles. The van der Waals surface area contributed by atoms with Crippen LogP contribution in [0.5, 0.6) is 0 Å². The van der Waals surface area contributed by atoms with Crippen molar-refractivity contribution < 1.29 is 9.53 Å². The minimum atomic E-state index is -0.217.